The molecule has 0 fully saturated rings. The normalized spacial score (nSPS) is 13.2. The van der Waals surface area contributed by atoms with Crippen molar-refractivity contribution >= 4 is 23.4 Å². The number of aromatic nitrogens is 2. The number of aliphatic hydroxyl groups excluding tert-OH is 1. The van der Waals surface area contributed by atoms with Crippen molar-refractivity contribution in [3.63, 3.8) is 0 Å². The van der Waals surface area contributed by atoms with Crippen LogP contribution in [0.3, 0.4) is 0 Å². The minimum atomic E-state index is -0.342. The SMILES string of the molecule is CSCC(O)Cc1c(C)nn(C)c1Cl. The first-order valence-corrected chi connectivity index (χ1v) is 6.18. The summed E-state index contributed by atoms with van der Waals surface area (Å²) in [6.45, 7) is 1.91. The summed E-state index contributed by atoms with van der Waals surface area (Å²) in [4.78, 5) is 0. The molecule has 0 saturated carbocycles. The van der Waals surface area contributed by atoms with E-state index in [2.05, 4.69) is 5.10 Å². The Balaban J connectivity index is 2.75. The van der Waals surface area contributed by atoms with Crippen LogP contribution in [0.15, 0.2) is 0 Å². The van der Waals surface area contributed by atoms with E-state index in [9.17, 15) is 5.11 Å². The molecule has 0 bridgehead atoms. The number of rotatable bonds is 4. The topological polar surface area (TPSA) is 38.1 Å². The summed E-state index contributed by atoms with van der Waals surface area (Å²) >= 11 is 7.67. The molecule has 0 aliphatic carbocycles. The van der Waals surface area contributed by atoms with E-state index < -0.39 is 0 Å². The fourth-order valence-corrected chi connectivity index (χ4v) is 2.15. The van der Waals surface area contributed by atoms with Crippen LogP contribution >= 0.6 is 23.4 Å². The zero-order valence-electron chi connectivity index (χ0n) is 8.62. The van der Waals surface area contributed by atoms with Gasteiger partial charge in [0.05, 0.1) is 11.8 Å². The Morgan fingerprint density at radius 1 is 1.64 bits per heavy atom. The highest BCUT2D eigenvalue weighted by Gasteiger charge is 2.14. The van der Waals surface area contributed by atoms with Crippen LogP contribution in [0, 0.1) is 6.92 Å². The van der Waals surface area contributed by atoms with Crippen LogP contribution < -0.4 is 0 Å². The number of hydrogen-bond donors (Lipinski definition) is 1. The molecule has 1 aromatic rings. The van der Waals surface area contributed by atoms with Gasteiger partial charge >= 0.3 is 0 Å². The summed E-state index contributed by atoms with van der Waals surface area (Å²) in [5, 5.41) is 14.5. The van der Waals surface area contributed by atoms with Crippen LogP contribution in [-0.2, 0) is 13.5 Å². The molecule has 0 amide bonds. The van der Waals surface area contributed by atoms with Crippen LogP contribution in [0.1, 0.15) is 11.3 Å². The zero-order valence-corrected chi connectivity index (χ0v) is 10.2. The Morgan fingerprint density at radius 2 is 2.29 bits per heavy atom. The Hall–Kier alpha value is -0.190. The van der Waals surface area contributed by atoms with E-state index in [1.807, 2.05) is 13.2 Å². The molecule has 1 atom stereocenters. The molecule has 80 valence electrons. The average molecular weight is 235 g/mol. The molecule has 0 aliphatic heterocycles. The maximum absolute atomic E-state index is 9.64. The lowest BCUT2D eigenvalue weighted by Gasteiger charge is -2.08. The number of thioether (sulfide) groups is 1. The van der Waals surface area contributed by atoms with Crippen molar-refractivity contribution in [2.45, 2.75) is 19.4 Å². The van der Waals surface area contributed by atoms with Gasteiger partial charge in [-0.15, -0.1) is 0 Å². The van der Waals surface area contributed by atoms with Crippen LogP contribution in [0.2, 0.25) is 5.15 Å². The molecular formula is C9H15ClN2OS. The third kappa shape index (κ3) is 2.65. The van der Waals surface area contributed by atoms with Crippen molar-refractivity contribution in [2.75, 3.05) is 12.0 Å². The molecule has 5 heteroatoms. The molecule has 14 heavy (non-hydrogen) atoms. The van der Waals surface area contributed by atoms with Crippen molar-refractivity contribution in [1.29, 1.82) is 0 Å². The van der Waals surface area contributed by atoms with E-state index in [0.717, 1.165) is 17.0 Å². The van der Waals surface area contributed by atoms with E-state index in [1.165, 1.54) is 0 Å². The molecule has 0 saturated heterocycles. The van der Waals surface area contributed by atoms with Crippen molar-refractivity contribution in [3.05, 3.63) is 16.4 Å². The van der Waals surface area contributed by atoms with Gasteiger partial charge in [0.1, 0.15) is 5.15 Å². The van der Waals surface area contributed by atoms with E-state index >= 15 is 0 Å². The second-order valence-corrected chi connectivity index (χ2v) is 4.56. The fourth-order valence-electron chi connectivity index (χ4n) is 1.39. The highest BCUT2D eigenvalue weighted by atomic mass is 35.5. The van der Waals surface area contributed by atoms with Crippen LogP contribution in [-0.4, -0.2) is 33.0 Å². The Labute approximate surface area is 93.4 Å². The van der Waals surface area contributed by atoms with Crippen LogP contribution in [0.5, 0.6) is 0 Å². The Bertz CT molecular complexity index is 314. The van der Waals surface area contributed by atoms with Gasteiger partial charge in [-0.25, -0.2) is 0 Å². The molecule has 0 aliphatic rings. The summed E-state index contributed by atoms with van der Waals surface area (Å²) in [7, 11) is 1.81. The fraction of sp³-hybridized carbons (Fsp3) is 0.667. The Kier molecular flexibility index (Phi) is 4.29. The van der Waals surface area contributed by atoms with Gasteiger partial charge in [-0.2, -0.15) is 16.9 Å². The minimum absolute atomic E-state index is 0.342. The Morgan fingerprint density at radius 3 is 2.71 bits per heavy atom. The summed E-state index contributed by atoms with van der Waals surface area (Å²) in [5.74, 6) is 0.727. The van der Waals surface area contributed by atoms with Gasteiger partial charge in [-0.1, -0.05) is 11.6 Å². The second kappa shape index (κ2) is 5.05. The summed E-state index contributed by atoms with van der Waals surface area (Å²) in [6, 6.07) is 0. The number of aliphatic hydroxyl groups is 1. The summed E-state index contributed by atoms with van der Waals surface area (Å²) in [5.41, 5.74) is 1.85. The molecule has 0 radical (unpaired) electrons. The van der Waals surface area contributed by atoms with Crippen molar-refractivity contribution < 1.29 is 5.11 Å². The molecule has 1 N–H and O–H groups in total. The first-order valence-electron chi connectivity index (χ1n) is 4.41. The lowest BCUT2D eigenvalue weighted by Crippen LogP contribution is -2.13. The molecule has 1 aromatic heterocycles. The minimum Gasteiger partial charge on any atom is -0.392 e. The van der Waals surface area contributed by atoms with E-state index in [-0.39, 0.29) is 6.10 Å². The highest BCUT2D eigenvalue weighted by Crippen LogP contribution is 2.20. The van der Waals surface area contributed by atoms with Gasteiger partial charge in [-0.05, 0) is 13.2 Å². The third-order valence-corrected chi connectivity index (χ3v) is 3.26. The largest absolute Gasteiger partial charge is 0.392 e. The van der Waals surface area contributed by atoms with Gasteiger partial charge in [0.15, 0.2) is 0 Å². The molecule has 1 unspecified atom stereocenters. The van der Waals surface area contributed by atoms with E-state index in [0.29, 0.717) is 11.6 Å². The number of hydrogen-bond acceptors (Lipinski definition) is 3. The van der Waals surface area contributed by atoms with Crippen molar-refractivity contribution in [2.24, 2.45) is 7.05 Å². The molecule has 1 heterocycles. The van der Waals surface area contributed by atoms with E-state index in [1.54, 1.807) is 23.5 Å². The average Bonchev–Trinajstić information content (AvgIpc) is 2.33. The van der Waals surface area contributed by atoms with Gasteiger partial charge in [0, 0.05) is 24.8 Å². The zero-order chi connectivity index (χ0) is 10.7. The number of aryl methyl sites for hydroxylation is 2. The molecule has 0 spiro atoms. The third-order valence-electron chi connectivity index (χ3n) is 2.07. The van der Waals surface area contributed by atoms with Crippen molar-refractivity contribution in [1.82, 2.24) is 9.78 Å². The quantitative estimate of drug-likeness (QED) is 0.861. The summed E-state index contributed by atoms with van der Waals surface area (Å²) in [6.07, 6.45) is 2.21. The predicted octanol–water partition coefficient (Wildman–Crippen LogP) is 1.65. The molecule has 1 rings (SSSR count). The lowest BCUT2D eigenvalue weighted by molar-refractivity contribution is 0.200. The molecule has 3 nitrogen and oxygen atoms in total. The number of nitrogens with zero attached hydrogens (tertiary/aromatic N) is 2. The summed E-state index contributed by atoms with van der Waals surface area (Å²) < 4.78 is 1.64. The van der Waals surface area contributed by atoms with Crippen molar-refractivity contribution in [3.8, 4) is 0 Å². The highest BCUT2D eigenvalue weighted by molar-refractivity contribution is 7.98. The number of halogens is 1. The standard InChI is InChI=1S/C9H15ClN2OS/c1-6-8(4-7(13)5-14-3)9(10)12(2)11-6/h7,13H,4-5H2,1-3H3. The lowest BCUT2D eigenvalue weighted by atomic mass is 10.1. The van der Waals surface area contributed by atoms with Crippen LogP contribution in [0.4, 0.5) is 0 Å². The first kappa shape index (κ1) is 11.9. The maximum atomic E-state index is 9.64. The molecular weight excluding hydrogens is 220 g/mol. The van der Waals surface area contributed by atoms with Gasteiger partial charge in [-0.3, -0.25) is 4.68 Å². The first-order chi connectivity index (χ1) is 6.56. The molecule has 0 aromatic carbocycles. The smallest absolute Gasteiger partial charge is 0.130 e. The monoisotopic (exact) mass is 234 g/mol. The van der Waals surface area contributed by atoms with E-state index in [4.69, 9.17) is 11.6 Å². The van der Waals surface area contributed by atoms with Gasteiger partial charge in [0.25, 0.3) is 0 Å². The predicted molar refractivity (Wildman–Crippen MR) is 61.0 cm³/mol. The van der Waals surface area contributed by atoms with Gasteiger partial charge < -0.3 is 5.11 Å². The second-order valence-electron chi connectivity index (χ2n) is 3.29. The van der Waals surface area contributed by atoms with Gasteiger partial charge in [0.2, 0.25) is 0 Å². The van der Waals surface area contributed by atoms with Crippen LogP contribution in [0.25, 0.3) is 0 Å². The maximum Gasteiger partial charge on any atom is 0.130 e.